The fraction of sp³-hybridized carbons (Fsp3) is 0.273. The molecule has 0 amide bonds. The molecule has 0 saturated carbocycles. The molecular formula is C11H12BrN5O2. The molecule has 2 aromatic rings. The molecule has 0 bridgehead atoms. The van der Waals surface area contributed by atoms with Gasteiger partial charge in [-0.25, -0.2) is 4.98 Å². The number of anilines is 1. The molecule has 0 aliphatic heterocycles. The van der Waals surface area contributed by atoms with Gasteiger partial charge in [0.2, 0.25) is 0 Å². The number of nitro groups is 1. The number of aromatic nitrogens is 3. The standard InChI is InChI=1S/C11H12BrN5O2/c12-9-6-8(17(18)19)3-4-10(9)13-5-1-2-11-14-7-15-16-11/h3-4,6-7,13H,1-2,5H2,(H,14,15,16). The van der Waals surface area contributed by atoms with Crippen LogP contribution in [0.3, 0.4) is 0 Å². The van der Waals surface area contributed by atoms with Crippen molar-refractivity contribution in [3.05, 3.63) is 44.9 Å². The van der Waals surface area contributed by atoms with Crippen molar-refractivity contribution in [3.8, 4) is 0 Å². The highest BCUT2D eigenvalue weighted by Gasteiger charge is 2.08. The van der Waals surface area contributed by atoms with E-state index in [1.165, 1.54) is 18.5 Å². The van der Waals surface area contributed by atoms with Gasteiger partial charge in [0, 0.05) is 35.3 Å². The number of nitro benzene ring substituents is 1. The molecule has 1 heterocycles. The van der Waals surface area contributed by atoms with Crippen LogP contribution in [0.5, 0.6) is 0 Å². The van der Waals surface area contributed by atoms with Crippen LogP contribution in [0.15, 0.2) is 29.0 Å². The molecule has 0 radical (unpaired) electrons. The van der Waals surface area contributed by atoms with Crippen molar-refractivity contribution in [3.63, 3.8) is 0 Å². The van der Waals surface area contributed by atoms with Gasteiger partial charge in [0.25, 0.3) is 5.69 Å². The number of rotatable bonds is 6. The monoisotopic (exact) mass is 325 g/mol. The molecule has 0 unspecified atom stereocenters. The summed E-state index contributed by atoms with van der Waals surface area (Å²) in [4.78, 5) is 14.2. The Labute approximate surface area is 117 Å². The largest absolute Gasteiger partial charge is 0.384 e. The van der Waals surface area contributed by atoms with Crippen LogP contribution in [0.4, 0.5) is 11.4 Å². The number of hydrogen-bond donors (Lipinski definition) is 2. The van der Waals surface area contributed by atoms with Crippen molar-refractivity contribution in [2.75, 3.05) is 11.9 Å². The summed E-state index contributed by atoms with van der Waals surface area (Å²) in [5.74, 6) is 0.851. The van der Waals surface area contributed by atoms with Gasteiger partial charge in [-0.05, 0) is 28.4 Å². The van der Waals surface area contributed by atoms with Crippen molar-refractivity contribution < 1.29 is 4.92 Å². The summed E-state index contributed by atoms with van der Waals surface area (Å²) in [5, 5.41) is 20.4. The molecule has 0 saturated heterocycles. The highest BCUT2D eigenvalue weighted by atomic mass is 79.9. The Balaban J connectivity index is 1.84. The van der Waals surface area contributed by atoms with E-state index in [0.717, 1.165) is 30.9 Å². The van der Waals surface area contributed by atoms with Gasteiger partial charge >= 0.3 is 0 Å². The van der Waals surface area contributed by atoms with Gasteiger partial charge in [-0.1, -0.05) is 0 Å². The minimum atomic E-state index is -0.418. The number of aromatic amines is 1. The van der Waals surface area contributed by atoms with Crippen LogP contribution in [0.1, 0.15) is 12.2 Å². The summed E-state index contributed by atoms with van der Waals surface area (Å²) in [5.41, 5.74) is 0.905. The molecule has 0 spiro atoms. The predicted octanol–water partition coefficient (Wildman–Crippen LogP) is 2.52. The molecule has 1 aromatic heterocycles. The Morgan fingerprint density at radius 3 is 2.95 bits per heavy atom. The fourth-order valence-electron chi connectivity index (χ4n) is 1.59. The van der Waals surface area contributed by atoms with Crippen molar-refractivity contribution in [1.82, 2.24) is 15.2 Å². The summed E-state index contributed by atoms with van der Waals surface area (Å²) >= 11 is 3.31. The van der Waals surface area contributed by atoms with E-state index in [9.17, 15) is 10.1 Å². The average molecular weight is 326 g/mol. The molecule has 0 aliphatic rings. The maximum Gasteiger partial charge on any atom is 0.270 e. The minimum absolute atomic E-state index is 0.0686. The number of hydrogen-bond acceptors (Lipinski definition) is 5. The third kappa shape index (κ3) is 3.75. The normalized spacial score (nSPS) is 10.4. The van der Waals surface area contributed by atoms with Gasteiger partial charge < -0.3 is 5.32 Å². The first-order valence-electron chi connectivity index (χ1n) is 5.69. The summed E-state index contributed by atoms with van der Waals surface area (Å²) < 4.78 is 0.682. The van der Waals surface area contributed by atoms with Crippen molar-refractivity contribution in [1.29, 1.82) is 0 Å². The van der Waals surface area contributed by atoms with Gasteiger partial charge in [-0.2, -0.15) is 5.10 Å². The van der Waals surface area contributed by atoms with Crippen LogP contribution in [-0.4, -0.2) is 26.6 Å². The third-order valence-electron chi connectivity index (χ3n) is 2.53. The summed E-state index contributed by atoms with van der Waals surface area (Å²) in [6, 6.07) is 4.65. The lowest BCUT2D eigenvalue weighted by molar-refractivity contribution is -0.384. The van der Waals surface area contributed by atoms with Crippen LogP contribution in [0.2, 0.25) is 0 Å². The molecule has 8 heteroatoms. The number of benzene rings is 1. The quantitative estimate of drug-likeness (QED) is 0.483. The molecule has 2 rings (SSSR count). The molecule has 1 aromatic carbocycles. The van der Waals surface area contributed by atoms with E-state index < -0.39 is 4.92 Å². The molecule has 7 nitrogen and oxygen atoms in total. The van der Waals surface area contributed by atoms with Crippen LogP contribution in [0.25, 0.3) is 0 Å². The van der Waals surface area contributed by atoms with E-state index in [1.54, 1.807) is 6.07 Å². The maximum absolute atomic E-state index is 10.6. The maximum atomic E-state index is 10.6. The van der Waals surface area contributed by atoms with Crippen LogP contribution < -0.4 is 5.32 Å². The highest BCUT2D eigenvalue weighted by Crippen LogP contribution is 2.26. The first-order chi connectivity index (χ1) is 9.16. The zero-order valence-electron chi connectivity index (χ0n) is 9.97. The molecule has 19 heavy (non-hydrogen) atoms. The van der Waals surface area contributed by atoms with E-state index in [2.05, 4.69) is 36.4 Å². The van der Waals surface area contributed by atoms with Crippen LogP contribution in [0, 0.1) is 10.1 Å². The molecule has 2 N–H and O–H groups in total. The second kappa shape index (κ2) is 6.28. The number of H-pyrrole nitrogens is 1. The summed E-state index contributed by atoms with van der Waals surface area (Å²) in [6.07, 6.45) is 3.17. The van der Waals surface area contributed by atoms with Crippen molar-refractivity contribution in [2.24, 2.45) is 0 Å². The highest BCUT2D eigenvalue weighted by molar-refractivity contribution is 9.10. The van der Waals surface area contributed by atoms with E-state index >= 15 is 0 Å². The van der Waals surface area contributed by atoms with E-state index in [1.807, 2.05) is 0 Å². The van der Waals surface area contributed by atoms with E-state index in [4.69, 9.17) is 0 Å². The van der Waals surface area contributed by atoms with Gasteiger partial charge in [-0.3, -0.25) is 15.2 Å². The molecule has 0 atom stereocenters. The fourth-order valence-corrected chi connectivity index (χ4v) is 2.10. The third-order valence-corrected chi connectivity index (χ3v) is 3.19. The van der Waals surface area contributed by atoms with Gasteiger partial charge in [0.1, 0.15) is 12.2 Å². The number of aryl methyl sites for hydroxylation is 1. The molecule has 0 fully saturated rings. The Morgan fingerprint density at radius 2 is 2.32 bits per heavy atom. The predicted molar refractivity (Wildman–Crippen MR) is 74.0 cm³/mol. The Hall–Kier alpha value is -1.96. The first-order valence-corrected chi connectivity index (χ1v) is 6.48. The number of nitrogens with one attached hydrogen (secondary N) is 2. The molecular weight excluding hydrogens is 314 g/mol. The number of nitrogens with zero attached hydrogens (tertiary/aromatic N) is 3. The minimum Gasteiger partial charge on any atom is -0.384 e. The Kier molecular flexibility index (Phi) is 4.45. The van der Waals surface area contributed by atoms with Crippen molar-refractivity contribution >= 4 is 27.3 Å². The molecule has 100 valence electrons. The topological polar surface area (TPSA) is 96.7 Å². The Morgan fingerprint density at radius 1 is 1.47 bits per heavy atom. The second-order valence-electron chi connectivity index (χ2n) is 3.88. The van der Waals surface area contributed by atoms with Gasteiger partial charge in [-0.15, -0.1) is 0 Å². The smallest absolute Gasteiger partial charge is 0.270 e. The second-order valence-corrected chi connectivity index (χ2v) is 4.74. The van der Waals surface area contributed by atoms with Crippen molar-refractivity contribution in [2.45, 2.75) is 12.8 Å². The Bertz CT molecular complexity index is 558. The zero-order valence-corrected chi connectivity index (χ0v) is 11.6. The lowest BCUT2D eigenvalue weighted by Gasteiger charge is -2.07. The summed E-state index contributed by atoms with van der Waals surface area (Å²) in [6.45, 7) is 0.747. The summed E-state index contributed by atoms with van der Waals surface area (Å²) in [7, 11) is 0. The van der Waals surface area contributed by atoms with Crippen LogP contribution in [-0.2, 0) is 6.42 Å². The number of halogens is 1. The van der Waals surface area contributed by atoms with E-state index in [0.29, 0.717) is 4.47 Å². The van der Waals surface area contributed by atoms with Crippen LogP contribution >= 0.6 is 15.9 Å². The van der Waals surface area contributed by atoms with Gasteiger partial charge in [0.05, 0.1) is 4.92 Å². The lowest BCUT2D eigenvalue weighted by Crippen LogP contribution is -2.04. The molecule has 0 aliphatic carbocycles. The SMILES string of the molecule is O=[N+]([O-])c1ccc(NCCCc2ncn[nH]2)c(Br)c1. The zero-order chi connectivity index (χ0) is 13.7. The van der Waals surface area contributed by atoms with E-state index in [-0.39, 0.29) is 5.69 Å². The number of non-ortho nitro benzene ring substituents is 1. The average Bonchev–Trinajstić information content (AvgIpc) is 2.89. The first kappa shape index (κ1) is 13.5. The van der Waals surface area contributed by atoms with Gasteiger partial charge in [0.15, 0.2) is 0 Å². The lowest BCUT2D eigenvalue weighted by atomic mass is 10.2.